The van der Waals surface area contributed by atoms with Gasteiger partial charge in [0, 0.05) is 27.2 Å². The molecule has 0 saturated carbocycles. The highest BCUT2D eigenvalue weighted by Gasteiger charge is 2.42. The predicted molar refractivity (Wildman–Crippen MR) is 167 cm³/mol. The zero-order chi connectivity index (χ0) is 26.3. The lowest BCUT2D eigenvalue weighted by molar-refractivity contribution is 0.397. The Labute approximate surface area is 246 Å². The molecule has 0 saturated heterocycles. The van der Waals surface area contributed by atoms with Gasteiger partial charge in [-0.2, -0.15) is 0 Å². The van der Waals surface area contributed by atoms with Crippen molar-refractivity contribution in [1.29, 1.82) is 0 Å². The van der Waals surface area contributed by atoms with Gasteiger partial charge in [0.25, 0.3) is 0 Å². The fourth-order valence-electron chi connectivity index (χ4n) is 6.27. The largest absolute Gasteiger partial charge is 0.127 e. The molecule has 206 valence electrons. The highest BCUT2D eigenvalue weighted by Crippen LogP contribution is 2.55. The third-order valence-electron chi connectivity index (χ3n) is 8.26. The van der Waals surface area contributed by atoms with Crippen LogP contribution in [0.4, 0.5) is 0 Å². The van der Waals surface area contributed by atoms with Crippen molar-refractivity contribution in [1.82, 2.24) is 0 Å². The first-order valence-corrected chi connectivity index (χ1v) is 16.7. The Kier molecular flexibility index (Phi) is 14.6. The SMILES string of the molecule is ClCCCCCCCCCCC1(CCCCCCCCCCCl)c2cc(Cl)ccc2-c2ccc(Cl)cc21. The van der Waals surface area contributed by atoms with Gasteiger partial charge in [-0.3, -0.25) is 0 Å². The highest BCUT2D eigenvalue weighted by atomic mass is 35.5. The van der Waals surface area contributed by atoms with Crippen LogP contribution in [0, 0.1) is 0 Å². The van der Waals surface area contributed by atoms with Crippen LogP contribution in [0.1, 0.15) is 127 Å². The fourth-order valence-corrected chi connectivity index (χ4v) is 6.99. The van der Waals surface area contributed by atoms with E-state index in [1.54, 1.807) is 0 Å². The van der Waals surface area contributed by atoms with E-state index in [1.807, 2.05) is 12.1 Å². The van der Waals surface area contributed by atoms with E-state index in [9.17, 15) is 0 Å². The van der Waals surface area contributed by atoms with E-state index < -0.39 is 0 Å². The number of hydrogen-bond donors (Lipinski definition) is 0. The van der Waals surface area contributed by atoms with Gasteiger partial charge in [0.15, 0.2) is 0 Å². The lowest BCUT2D eigenvalue weighted by atomic mass is 9.70. The average molecular weight is 585 g/mol. The van der Waals surface area contributed by atoms with Crippen LogP contribution in [0.25, 0.3) is 11.1 Å². The number of rotatable bonds is 20. The molecule has 0 nitrogen and oxygen atoms in total. The number of fused-ring (bicyclic) bond motifs is 3. The molecule has 1 aliphatic carbocycles. The summed E-state index contributed by atoms with van der Waals surface area (Å²) in [4.78, 5) is 0. The Bertz CT molecular complexity index is 847. The Morgan fingerprint density at radius 1 is 0.432 bits per heavy atom. The minimum atomic E-state index is 0.0289. The summed E-state index contributed by atoms with van der Waals surface area (Å²) in [6, 6.07) is 13.0. The van der Waals surface area contributed by atoms with Gasteiger partial charge in [-0.05, 0) is 72.2 Å². The molecule has 0 spiro atoms. The van der Waals surface area contributed by atoms with E-state index in [1.165, 1.54) is 125 Å². The molecular formula is C33H46Cl4. The first kappa shape index (κ1) is 31.1. The lowest BCUT2D eigenvalue weighted by Gasteiger charge is -2.33. The zero-order valence-electron chi connectivity index (χ0n) is 22.6. The number of halogens is 4. The highest BCUT2D eigenvalue weighted by molar-refractivity contribution is 6.31. The van der Waals surface area contributed by atoms with Gasteiger partial charge in [-0.15, -0.1) is 23.2 Å². The Morgan fingerprint density at radius 3 is 1.11 bits per heavy atom. The maximum atomic E-state index is 6.59. The second-order valence-electron chi connectivity index (χ2n) is 11.0. The molecule has 0 atom stereocenters. The number of benzene rings is 2. The molecule has 0 radical (unpaired) electrons. The van der Waals surface area contributed by atoms with Gasteiger partial charge in [0.2, 0.25) is 0 Å². The Morgan fingerprint density at radius 2 is 0.757 bits per heavy atom. The van der Waals surface area contributed by atoms with Crippen LogP contribution in [-0.2, 0) is 5.41 Å². The molecule has 0 aliphatic heterocycles. The second-order valence-corrected chi connectivity index (χ2v) is 12.6. The summed E-state index contributed by atoms with van der Waals surface area (Å²) in [6.45, 7) is 0. The molecule has 0 heterocycles. The third kappa shape index (κ3) is 9.34. The number of alkyl halides is 2. The van der Waals surface area contributed by atoms with Crippen molar-refractivity contribution in [2.75, 3.05) is 11.8 Å². The summed E-state index contributed by atoms with van der Waals surface area (Å²) in [7, 11) is 0. The smallest absolute Gasteiger partial charge is 0.0409 e. The van der Waals surface area contributed by atoms with Gasteiger partial charge in [0.1, 0.15) is 0 Å². The molecule has 1 aliphatic rings. The van der Waals surface area contributed by atoms with Crippen LogP contribution in [0.3, 0.4) is 0 Å². The van der Waals surface area contributed by atoms with Crippen molar-refractivity contribution in [3.8, 4) is 11.1 Å². The first-order valence-electron chi connectivity index (χ1n) is 14.8. The monoisotopic (exact) mass is 582 g/mol. The molecule has 3 rings (SSSR count). The summed E-state index contributed by atoms with van der Waals surface area (Å²) < 4.78 is 0. The first-order chi connectivity index (χ1) is 18.1. The van der Waals surface area contributed by atoms with Gasteiger partial charge in [-0.1, -0.05) is 125 Å². The average Bonchev–Trinajstić information content (AvgIpc) is 3.15. The molecule has 0 N–H and O–H groups in total. The van der Waals surface area contributed by atoms with E-state index in [4.69, 9.17) is 46.4 Å². The molecule has 0 unspecified atom stereocenters. The van der Waals surface area contributed by atoms with Crippen molar-refractivity contribution < 1.29 is 0 Å². The van der Waals surface area contributed by atoms with Gasteiger partial charge < -0.3 is 0 Å². The molecular weight excluding hydrogens is 538 g/mol. The van der Waals surface area contributed by atoms with Crippen molar-refractivity contribution in [2.24, 2.45) is 0 Å². The van der Waals surface area contributed by atoms with Crippen molar-refractivity contribution in [3.05, 3.63) is 57.6 Å². The summed E-state index contributed by atoms with van der Waals surface area (Å²) in [6.07, 6.45) is 23.0. The van der Waals surface area contributed by atoms with E-state index >= 15 is 0 Å². The fraction of sp³-hybridized carbons (Fsp3) is 0.636. The predicted octanol–water partition coefficient (Wildman–Crippen LogP) is 12.8. The van der Waals surface area contributed by atoms with Crippen LogP contribution >= 0.6 is 46.4 Å². The molecule has 4 heteroatoms. The van der Waals surface area contributed by atoms with Crippen molar-refractivity contribution >= 4 is 46.4 Å². The third-order valence-corrected chi connectivity index (χ3v) is 9.26. The van der Waals surface area contributed by atoms with Crippen LogP contribution in [0.15, 0.2) is 36.4 Å². The van der Waals surface area contributed by atoms with Gasteiger partial charge in [-0.25, -0.2) is 0 Å². The van der Waals surface area contributed by atoms with E-state index in [-0.39, 0.29) is 5.41 Å². The van der Waals surface area contributed by atoms with Crippen molar-refractivity contribution in [3.63, 3.8) is 0 Å². The number of unbranched alkanes of at least 4 members (excludes halogenated alkanes) is 14. The van der Waals surface area contributed by atoms with E-state index in [0.29, 0.717) is 0 Å². The van der Waals surface area contributed by atoms with Crippen LogP contribution < -0.4 is 0 Å². The molecule has 2 aromatic rings. The molecule has 0 bridgehead atoms. The van der Waals surface area contributed by atoms with Gasteiger partial charge >= 0.3 is 0 Å². The molecule has 0 aromatic heterocycles. The van der Waals surface area contributed by atoms with Crippen LogP contribution in [0.5, 0.6) is 0 Å². The van der Waals surface area contributed by atoms with Crippen LogP contribution in [-0.4, -0.2) is 11.8 Å². The van der Waals surface area contributed by atoms with Crippen LogP contribution in [0.2, 0.25) is 10.0 Å². The van der Waals surface area contributed by atoms with Crippen molar-refractivity contribution in [2.45, 2.75) is 121 Å². The zero-order valence-corrected chi connectivity index (χ0v) is 25.6. The summed E-state index contributed by atoms with van der Waals surface area (Å²) in [5.74, 6) is 1.60. The van der Waals surface area contributed by atoms with E-state index in [0.717, 1.165) is 34.6 Å². The minimum Gasteiger partial charge on any atom is -0.127 e. The Balaban J connectivity index is 1.64. The lowest BCUT2D eigenvalue weighted by Crippen LogP contribution is -2.25. The summed E-state index contributed by atoms with van der Waals surface area (Å²) in [5.41, 5.74) is 5.60. The summed E-state index contributed by atoms with van der Waals surface area (Å²) >= 11 is 24.8. The minimum absolute atomic E-state index is 0.0289. The second kappa shape index (κ2) is 17.3. The molecule has 0 fully saturated rings. The standard InChI is InChI=1S/C33H46Cl4/c34-23-15-11-7-3-1-5-9-13-21-33(22-14-10-6-2-4-8-12-16-24-35)31-25-27(36)17-19-29(31)30-20-18-28(37)26-32(30)33/h17-20,25-26H,1-16,21-24H2. The maximum Gasteiger partial charge on any atom is 0.0409 e. The maximum absolute atomic E-state index is 6.59. The van der Waals surface area contributed by atoms with Gasteiger partial charge in [0.05, 0.1) is 0 Å². The Hall–Kier alpha value is -0.400. The molecule has 2 aromatic carbocycles. The topological polar surface area (TPSA) is 0 Å². The normalized spacial score (nSPS) is 13.6. The molecule has 37 heavy (non-hydrogen) atoms. The van der Waals surface area contributed by atoms with E-state index in [2.05, 4.69) is 24.3 Å². The quantitative estimate of drug-likeness (QED) is 0.107. The molecule has 0 amide bonds. The summed E-state index contributed by atoms with van der Waals surface area (Å²) in [5, 5.41) is 1.69. The number of hydrogen-bond acceptors (Lipinski definition) is 0.